The zero-order valence-corrected chi connectivity index (χ0v) is 12.6. The zero-order chi connectivity index (χ0) is 15.8. The summed E-state index contributed by atoms with van der Waals surface area (Å²) in [7, 11) is 0. The van der Waals surface area contributed by atoms with Crippen molar-refractivity contribution in [3.63, 3.8) is 0 Å². The van der Waals surface area contributed by atoms with Crippen molar-refractivity contribution in [1.29, 1.82) is 0 Å². The van der Waals surface area contributed by atoms with Crippen LogP contribution in [0.5, 0.6) is 0 Å². The molecule has 0 radical (unpaired) electrons. The molecule has 0 spiro atoms. The molecule has 22 heavy (non-hydrogen) atoms. The van der Waals surface area contributed by atoms with Crippen LogP contribution in [0.15, 0.2) is 24.3 Å². The van der Waals surface area contributed by atoms with Crippen LogP contribution in [0.2, 0.25) is 0 Å². The van der Waals surface area contributed by atoms with E-state index in [-0.39, 0.29) is 13.2 Å². The molecule has 1 aromatic rings. The molecule has 2 rings (SSSR count). The molecule has 1 N–H and O–H groups in total. The van der Waals surface area contributed by atoms with E-state index in [1.54, 1.807) is 12.1 Å². The minimum absolute atomic E-state index is 0.131. The summed E-state index contributed by atoms with van der Waals surface area (Å²) in [4.78, 5) is 23.2. The number of carbonyl (C=O) groups is 2. The predicted molar refractivity (Wildman–Crippen MR) is 84.4 cm³/mol. The number of esters is 1. The van der Waals surface area contributed by atoms with Crippen molar-refractivity contribution in [2.45, 2.75) is 38.0 Å². The second-order valence-corrected chi connectivity index (χ2v) is 5.51. The second kappa shape index (κ2) is 8.23. The van der Waals surface area contributed by atoms with Gasteiger partial charge in [-0.05, 0) is 36.5 Å². The van der Waals surface area contributed by atoms with Crippen LogP contribution in [-0.2, 0) is 9.53 Å². The summed E-state index contributed by atoms with van der Waals surface area (Å²) >= 11 is 0. The molecule has 1 amide bonds. The van der Waals surface area contributed by atoms with E-state index in [1.807, 2.05) is 12.1 Å². The summed E-state index contributed by atoms with van der Waals surface area (Å²) in [5.41, 5.74) is 1.74. The summed E-state index contributed by atoms with van der Waals surface area (Å²) in [6.07, 6.45) is 11.3. The Morgan fingerprint density at radius 1 is 1.18 bits per heavy atom. The summed E-state index contributed by atoms with van der Waals surface area (Å²) in [6, 6.07) is 7.52. The molecule has 1 aromatic carbocycles. The van der Waals surface area contributed by atoms with Crippen molar-refractivity contribution in [2.24, 2.45) is 0 Å². The molecular formula is C18H21NO3. The summed E-state index contributed by atoms with van der Waals surface area (Å²) in [6.45, 7) is -0.183. The lowest BCUT2D eigenvalue weighted by Gasteiger charge is -2.21. The summed E-state index contributed by atoms with van der Waals surface area (Å²) in [5, 5.41) is 2.44. The molecule has 1 aliphatic carbocycles. The Labute approximate surface area is 131 Å². The lowest BCUT2D eigenvalue weighted by atomic mass is 9.84. The number of hydrogen-bond donors (Lipinski definition) is 1. The number of amides is 1. The van der Waals surface area contributed by atoms with Gasteiger partial charge in [-0.3, -0.25) is 4.79 Å². The van der Waals surface area contributed by atoms with Gasteiger partial charge in [0, 0.05) is 0 Å². The van der Waals surface area contributed by atoms with Gasteiger partial charge in [0.25, 0.3) is 5.91 Å². The number of benzene rings is 1. The Kier molecular flexibility index (Phi) is 6.02. The highest BCUT2D eigenvalue weighted by atomic mass is 16.5. The van der Waals surface area contributed by atoms with E-state index in [2.05, 4.69) is 11.2 Å². The van der Waals surface area contributed by atoms with E-state index in [0.717, 1.165) is 0 Å². The third kappa shape index (κ3) is 4.63. The Bertz CT molecular complexity index is 551. The molecule has 116 valence electrons. The number of hydrogen-bond acceptors (Lipinski definition) is 3. The van der Waals surface area contributed by atoms with Crippen LogP contribution in [0.3, 0.4) is 0 Å². The largest absolute Gasteiger partial charge is 0.452 e. The fourth-order valence-corrected chi connectivity index (χ4v) is 2.74. The molecule has 1 aliphatic rings. The fraction of sp³-hybridized carbons (Fsp3) is 0.444. The van der Waals surface area contributed by atoms with Crippen molar-refractivity contribution in [3.05, 3.63) is 35.4 Å². The van der Waals surface area contributed by atoms with E-state index in [0.29, 0.717) is 11.5 Å². The van der Waals surface area contributed by atoms with Gasteiger partial charge in [-0.2, -0.15) is 0 Å². The third-order valence-electron chi connectivity index (χ3n) is 3.94. The van der Waals surface area contributed by atoms with Gasteiger partial charge in [-0.1, -0.05) is 37.3 Å². The van der Waals surface area contributed by atoms with Crippen LogP contribution in [0.1, 0.15) is 53.9 Å². The number of terminal acetylenes is 1. The smallest absolute Gasteiger partial charge is 0.338 e. The van der Waals surface area contributed by atoms with E-state index in [1.165, 1.54) is 37.7 Å². The number of carbonyl (C=O) groups excluding carboxylic acids is 2. The van der Waals surface area contributed by atoms with Gasteiger partial charge >= 0.3 is 5.97 Å². The Morgan fingerprint density at radius 3 is 2.50 bits per heavy atom. The lowest BCUT2D eigenvalue weighted by molar-refractivity contribution is -0.123. The molecule has 0 saturated heterocycles. The second-order valence-electron chi connectivity index (χ2n) is 5.51. The SMILES string of the molecule is C#CCNC(=O)COC(=O)c1ccc(C2CCCCC2)cc1. The minimum atomic E-state index is -0.494. The Balaban J connectivity index is 1.85. The van der Waals surface area contributed by atoms with E-state index in [9.17, 15) is 9.59 Å². The van der Waals surface area contributed by atoms with Crippen molar-refractivity contribution < 1.29 is 14.3 Å². The highest BCUT2D eigenvalue weighted by Crippen LogP contribution is 2.32. The monoisotopic (exact) mass is 299 g/mol. The molecule has 1 fully saturated rings. The van der Waals surface area contributed by atoms with E-state index < -0.39 is 11.9 Å². The first-order valence-corrected chi connectivity index (χ1v) is 7.68. The molecule has 0 unspecified atom stereocenters. The molecular weight excluding hydrogens is 278 g/mol. The van der Waals surface area contributed by atoms with Crippen LogP contribution in [-0.4, -0.2) is 25.0 Å². The van der Waals surface area contributed by atoms with E-state index in [4.69, 9.17) is 11.2 Å². The highest BCUT2D eigenvalue weighted by Gasteiger charge is 2.16. The van der Waals surface area contributed by atoms with Crippen LogP contribution in [0.25, 0.3) is 0 Å². The molecule has 0 aromatic heterocycles. The Morgan fingerprint density at radius 2 is 1.86 bits per heavy atom. The maximum Gasteiger partial charge on any atom is 0.338 e. The first-order chi connectivity index (χ1) is 10.7. The topological polar surface area (TPSA) is 55.4 Å². The van der Waals surface area contributed by atoms with Gasteiger partial charge in [-0.25, -0.2) is 4.79 Å². The van der Waals surface area contributed by atoms with Gasteiger partial charge in [-0.15, -0.1) is 6.42 Å². The Hall–Kier alpha value is -2.28. The zero-order valence-electron chi connectivity index (χ0n) is 12.6. The van der Waals surface area contributed by atoms with Crippen molar-refractivity contribution >= 4 is 11.9 Å². The molecule has 4 nitrogen and oxygen atoms in total. The highest BCUT2D eigenvalue weighted by molar-refractivity contribution is 5.91. The standard InChI is InChI=1S/C18H21NO3/c1-2-12-19-17(20)13-22-18(21)16-10-8-15(9-11-16)14-6-4-3-5-7-14/h1,8-11,14H,3-7,12-13H2,(H,19,20). The quantitative estimate of drug-likeness (QED) is 0.672. The van der Waals surface area contributed by atoms with Gasteiger partial charge in [0.1, 0.15) is 0 Å². The average molecular weight is 299 g/mol. The van der Waals surface area contributed by atoms with Crippen molar-refractivity contribution in [3.8, 4) is 12.3 Å². The molecule has 0 bridgehead atoms. The van der Waals surface area contributed by atoms with Crippen LogP contribution in [0, 0.1) is 12.3 Å². The molecule has 1 saturated carbocycles. The van der Waals surface area contributed by atoms with Gasteiger partial charge in [0.05, 0.1) is 12.1 Å². The van der Waals surface area contributed by atoms with Gasteiger partial charge in [0.2, 0.25) is 0 Å². The van der Waals surface area contributed by atoms with Crippen molar-refractivity contribution in [2.75, 3.05) is 13.2 Å². The van der Waals surface area contributed by atoms with E-state index >= 15 is 0 Å². The molecule has 0 atom stereocenters. The average Bonchev–Trinajstić information content (AvgIpc) is 2.58. The normalized spacial score (nSPS) is 14.9. The minimum Gasteiger partial charge on any atom is -0.452 e. The third-order valence-corrected chi connectivity index (χ3v) is 3.94. The van der Waals surface area contributed by atoms with Crippen molar-refractivity contribution in [1.82, 2.24) is 5.32 Å². The maximum atomic E-state index is 11.9. The summed E-state index contributed by atoms with van der Waals surface area (Å²) in [5.74, 6) is 2.00. The molecule has 0 aliphatic heterocycles. The fourth-order valence-electron chi connectivity index (χ4n) is 2.74. The number of ether oxygens (including phenoxy) is 1. The van der Waals surface area contributed by atoms with Crippen LogP contribution in [0.4, 0.5) is 0 Å². The molecule has 4 heteroatoms. The number of rotatable bonds is 5. The predicted octanol–water partition coefficient (Wildman–Crippen LogP) is 2.64. The van der Waals surface area contributed by atoms with Crippen LogP contribution < -0.4 is 5.32 Å². The maximum absolute atomic E-state index is 11.9. The summed E-state index contributed by atoms with van der Waals surface area (Å²) < 4.78 is 4.95. The lowest BCUT2D eigenvalue weighted by Crippen LogP contribution is -2.28. The number of nitrogens with one attached hydrogen (secondary N) is 1. The van der Waals surface area contributed by atoms with Gasteiger partial charge < -0.3 is 10.1 Å². The first-order valence-electron chi connectivity index (χ1n) is 7.68. The van der Waals surface area contributed by atoms with Gasteiger partial charge in [0.15, 0.2) is 6.61 Å². The molecule has 0 heterocycles. The first kappa shape index (κ1) is 16.1. The van der Waals surface area contributed by atoms with Crippen LogP contribution >= 0.6 is 0 Å².